The number of fused-ring (bicyclic) bond motifs is 1. The van der Waals surface area contributed by atoms with Crippen molar-refractivity contribution < 1.29 is 19.4 Å². The fourth-order valence-corrected chi connectivity index (χ4v) is 4.04. The van der Waals surface area contributed by atoms with Gasteiger partial charge in [0.05, 0.1) is 13.7 Å². The molecule has 1 aliphatic heterocycles. The number of imide groups is 1. The number of carbonyl (C=O) groups excluding carboxylic acids is 2. The molecule has 3 N–H and O–H groups in total. The minimum Gasteiger partial charge on any atom is -0.497 e. The second-order valence-electron chi connectivity index (χ2n) is 7.89. The van der Waals surface area contributed by atoms with Crippen molar-refractivity contribution in [3.05, 3.63) is 89.9 Å². The van der Waals surface area contributed by atoms with E-state index in [1.54, 1.807) is 60.5 Å². The first-order valence-electron chi connectivity index (χ1n) is 10.5. The molecule has 4 aromatic rings. The van der Waals surface area contributed by atoms with Gasteiger partial charge in [-0.2, -0.15) is 0 Å². The maximum absolute atomic E-state index is 13.0. The van der Waals surface area contributed by atoms with Crippen molar-refractivity contribution in [2.24, 2.45) is 0 Å². The topological polar surface area (TPSA) is 105 Å². The Hall–Kier alpha value is -4.77. The predicted molar refractivity (Wildman–Crippen MR) is 125 cm³/mol. The number of rotatable bonds is 4. The Bertz CT molecular complexity index is 1470. The maximum atomic E-state index is 13.0. The van der Waals surface area contributed by atoms with Crippen molar-refractivity contribution >= 4 is 22.7 Å². The van der Waals surface area contributed by atoms with Crippen molar-refractivity contribution in [3.8, 4) is 23.5 Å². The van der Waals surface area contributed by atoms with Crippen molar-refractivity contribution in [2.75, 3.05) is 7.11 Å². The number of nitrogens with one attached hydrogen (secondary N) is 2. The molecule has 0 aliphatic carbocycles. The summed E-state index contributed by atoms with van der Waals surface area (Å²) in [5, 5.41) is 17.3. The Kier molecular flexibility index (Phi) is 5.15. The molecule has 8 nitrogen and oxygen atoms in total. The molecule has 3 amide bonds. The Morgan fingerprint density at radius 3 is 2.59 bits per heavy atom. The largest absolute Gasteiger partial charge is 0.497 e. The molecule has 1 fully saturated rings. The molecule has 2 aromatic heterocycles. The highest BCUT2D eigenvalue weighted by molar-refractivity contribution is 6.07. The predicted octanol–water partition coefficient (Wildman–Crippen LogP) is 2.89. The number of aromatic hydroxyl groups is 1. The number of hydrogen-bond acceptors (Lipinski definition) is 5. The zero-order valence-electron chi connectivity index (χ0n) is 18.2. The second-order valence-corrected chi connectivity index (χ2v) is 7.89. The van der Waals surface area contributed by atoms with Gasteiger partial charge in [-0.15, -0.1) is 0 Å². The molecule has 2 aromatic carbocycles. The fraction of sp³-hybridized carbons (Fsp3) is 0.115. The number of pyridine rings is 1. The first-order valence-corrected chi connectivity index (χ1v) is 10.5. The molecule has 1 aliphatic rings. The molecule has 168 valence electrons. The van der Waals surface area contributed by atoms with E-state index in [4.69, 9.17) is 4.74 Å². The standard InChI is InChI=1S/C26H20N4O4/c1-34-21-12-8-18-15-30(23(31)22(18)14-21)16-26(24(32)28-25(33)29-26)19-9-5-17(6-10-19)7-11-20-4-2-3-13-27-20/h2-6,8-10,12-15,31H,16H2,1H3,(H2,28,29,32,33)/t26-/m1/s1. The van der Waals surface area contributed by atoms with E-state index in [9.17, 15) is 14.7 Å². The summed E-state index contributed by atoms with van der Waals surface area (Å²) < 4.78 is 6.79. The molecule has 1 atom stereocenters. The Morgan fingerprint density at radius 2 is 1.91 bits per heavy atom. The molecule has 8 heteroatoms. The van der Waals surface area contributed by atoms with Gasteiger partial charge < -0.3 is 19.7 Å². The van der Waals surface area contributed by atoms with Gasteiger partial charge in [0.2, 0.25) is 0 Å². The summed E-state index contributed by atoms with van der Waals surface area (Å²) >= 11 is 0. The van der Waals surface area contributed by atoms with Crippen LogP contribution in [-0.2, 0) is 16.9 Å². The van der Waals surface area contributed by atoms with Gasteiger partial charge in [-0.25, -0.2) is 9.78 Å². The molecule has 0 saturated carbocycles. The molecule has 34 heavy (non-hydrogen) atoms. The third-order valence-corrected chi connectivity index (χ3v) is 5.79. The summed E-state index contributed by atoms with van der Waals surface area (Å²) in [5.74, 6) is 6.10. The third kappa shape index (κ3) is 3.69. The Morgan fingerprint density at radius 1 is 1.09 bits per heavy atom. The molecule has 0 spiro atoms. The highest BCUT2D eigenvalue weighted by atomic mass is 16.5. The van der Waals surface area contributed by atoms with Crippen LogP contribution >= 0.6 is 0 Å². The van der Waals surface area contributed by atoms with Crippen LogP contribution in [0.3, 0.4) is 0 Å². The van der Waals surface area contributed by atoms with Crippen molar-refractivity contribution in [3.63, 3.8) is 0 Å². The smallest absolute Gasteiger partial charge is 0.322 e. The lowest BCUT2D eigenvalue weighted by Crippen LogP contribution is -2.47. The van der Waals surface area contributed by atoms with Crippen LogP contribution in [0.25, 0.3) is 10.8 Å². The number of ether oxygens (including phenoxy) is 1. The van der Waals surface area contributed by atoms with Gasteiger partial charge in [0.15, 0.2) is 11.4 Å². The van der Waals surface area contributed by atoms with Crippen LogP contribution in [-0.4, -0.2) is 33.7 Å². The van der Waals surface area contributed by atoms with Gasteiger partial charge in [0.25, 0.3) is 5.91 Å². The highest BCUT2D eigenvalue weighted by Gasteiger charge is 2.48. The zero-order chi connectivity index (χ0) is 23.7. The monoisotopic (exact) mass is 452 g/mol. The molecular weight excluding hydrogens is 432 g/mol. The molecule has 0 bridgehead atoms. The average molecular weight is 452 g/mol. The van der Waals surface area contributed by atoms with Crippen LogP contribution in [0, 0.1) is 11.8 Å². The van der Waals surface area contributed by atoms with E-state index in [0.717, 1.165) is 10.9 Å². The van der Waals surface area contributed by atoms with E-state index in [2.05, 4.69) is 27.5 Å². The summed E-state index contributed by atoms with van der Waals surface area (Å²) in [4.78, 5) is 29.3. The quantitative estimate of drug-likeness (QED) is 0.326. The van der Waals surface area contributed by atoms with Crippen LogP contribution in [0.15, 0.2) is 73.1 Å². The lowest BCUT2D eigenvalue weighted by atomic mass is 9.89. The number of aromatic nitrogens is 2. The van der Waals surface area contributed by atoms with Gasteiger partial charge in [-0.05, 0) is 53.9 Å². The number of benzene rings is 2. The summed E-state index contributed by atoms with van der Waals surface area (Å²) in [6.07, 6.45) is 3.41. The summed E-state index contributed by atoms with van der Waals surface area (Å²) in [5.41, 5.74) is 0.544. The molecule has 3 heterocycles. The van der Waals surface area contributed by atoms with Crippen molar-refractivity contribution in [1.29, 1.82) is 0 Å². The molecule has 5 rings (SSSR count). The Labute approximate surface area is 195 Å². The first kappa shape index (κ1) is 21.1. The maximum Gasteiger partial charge on any atom is 0.322 e. The first-order chi connectivity index (χ1) is 16.5. The van der Waals surface area contributed by atoms with Crippen LogP contribution in [0.5, 0.6) is 11.6 Å². The van der Waals surface area contributed by atoms with Gasteiger partial charge >= 0.3 is 6.03 Å². The van der Waals surface area contributed by atoms with Crippen LogP contribution < -0.4 is 15.4 Å². The average Bonchev–Trinajstić information content (AvgIpc) is 3.33. The lowest BCUT2D eigenvalue weighted by Gasteiger charge is -2.27. The molecular formula is C26H20N4O4. The summed E-state index contributed by atoms with van der Waals surface area (Å²) in [7, 11) is 1.55. The van der Waals surface area contributed by atoms with Crippen LogP contribution in [0.2, 0.25) is 0 Å². The number of amides is 3. The van der Waals surface area contributed by atoms with Gasteiger partial charge in [0, 0.05) is 28.7 Å². The normalized spacial score (nSPS) is 17.1. The summed E-state index contributed by atoms with van der Waals surface area (Å²) in [6, 6.07) is 17.3. The molecule has 0 unspecified atom stereocenters. The van der Waals surface area contributed by atoms with E-state index in [1.807, 2.05) is 24.3 Å². The van der Waals surface area contributed by atoms with Gasteiger partial charge in [0.1, 0.15) is 11.4 Å². The second kappa shape index (κ2) is 8.30. The molecule has 0 radical (unpaired) electrons. The molecule has 1 saturated heterocycles. The van der Waals surface area contributed by atoms with E-state index in [-0.39, 0.29) is 12.4 Å². The third-order valence-electron chi connectivity index (χ3n) is 5.79. The van der Waals surface area contributed by atoms with Gasteiger partial charge in [-0.3, -0.25) is 10.1 Å². The number of nitrogens with zero attached hydrogens (tertiary/aromatic N) is 2. The van der Waals surface area contributed by atoms with E-state index < -0.39 is 17.5 Å². The summed E-state index contributed by atoms with van der Waals surface area (Å²) in [6.45, 7) is -0.00758. The SMILES string of the molecule is COc1ccc2cn(C[C@]3(c4ccc(C#Cc5ccccn5)cc4)NC(=O)NC3=O)c(O)c2c1. The Balaban J connectivity index is 1.51. The highest BCUT2D eigenvalue weighted by Crippen LogP contribution is 2.34. The zero-order valence-corrected chi connectivity index (χ0v) is 18.2. The van der Waals surface area contributed by atoms with Crippen molar-refractivity contribution in [2.45, 2.75) is 12.1 Å². The van der Waals surface area contributed by atoms with Gasteiger partial charge in [-0.1, -0.05) is 24.1 Å². The number of carbonyl (C=O) groups is 2. The number of hydrogen-bond donors (Lipinski definition) is 3. The fourth-order valence-electron chi connectivity index (χ4n) is 4.04. The minimum atomic E-state index is -1.40. The van der Waals surface area contributed by atoms with Crippen LogP contribution in [0.4, 0.5) is 4.79 Å². The number of methoxy groups -OCH3 is 1. The lowest BCUT2D eigenvalue weighted by molar-refractivity contribution is -0.124. The van der Waals surface area contributed by atoms with E-state index in [0.29, 0.717) is 22.4 Å². The van der Waals surface area contributed by atoms with E-state index >= 15 is 0 Å². The van der Waals surface area contributed by atoms with Crippen molar-refractivity contribution in [1.82, 2.24) is 20.2 Å². The number of urea groups is 1. The van der Waals surface area contributed by atoms with Crippen LogP contribution in [0.1, 0.15) is 16.8 Å². The van der Waals surface area contributed by atoms with E-state index in [1.165, 1.54) is 0 Å². The minimum absolute atomic E-state index is 0.00758.